The van der Waals surface area contributed by atoms with Crippen LogP contribution in [-0.2, 0) is 11.3 Å². The monoisotopic (exact) mass is 369 g/mol. The molecule has 2 atom stereocenters. The molecule has 144 valence electrons. The third-order valence-electron chi connectivity index (χ3n) is 5.73. The Kier molecular flexibility index (Phi) is 4.76. The molecule has 0 aromatic heterocycles. The van der Waals surface area contributed by atoms with Crippen LogP contribution in [0, 0.1) is 6.92 Å². The number of hydrogen-bond acceptors (Lipinski definition) is 5. The number of nitrogens with zero attached hydrogens (tertiary/aromatic N) is 3. The fourth-order valence-electron chi connectivity index (χ4n) is 4.26. The average molecular weight is 369 g/mol. The molecule has 27 heavy (non-hydrogen) atoms. The van der Waals surface area contributed by atoms with Gasteiger partial charge in [-0.05, 0) is 25.3 Å². The molecule has 2 unspecified atom stereocenters. The highest BCUT2D eigenvalue weighted by Gasteiger charge is 2.48. The third kappa shape index (κ3) is 3.50. The zero-order valence-electron chi connectivity index (χ0n) is 15.9. The van der Waals surface area contributed by atoms with E-state index in [1.165, 1.54) is 29.7 Å². The van der Waals surface area contributed by atoms with Gasteiger partial charge in [0.2, 0.25) is 0 Å². The summed E-state index contributed by atoms with van der Waals surface area (Å²) < 4.78 is 0. The van der Waals surface area contributed by atoms with Crippen molar-refractivity contribution in [2.75, 3.05) is 7.05 Å². The van der Waals surface area contributed by atoms with E-state index in [9.17, 15) is 9.59 Å². The van der Waals surface area contributed by atoms with E-state index in [4.69, 9.17) is 4.99 Å². The fourth-order valence-corrected chi connectivity index (χ4v) is 4.26. The first-order chi connectivity index (χ1) is 13.0. The molecule has 3 aliphatic rings. The maximum Gasteiger partial charge on any atom is 0.325 e. The molecular formula is C20H27N5O2. The Morgan fingerprint density at radius 1 is 1.22 bits per heavy atom. The quantitative estimate of drug-likeness (QED) is 0.854. The van der Waals surface area contributed by atoms with Gasteiger partial charge in [0.15, 0.2) is 18.2 Å². The Bertz CT molecular complexity index is 771. The maximum absolute atomic E-state index is 12.6. The molecule has 2 aliphatic heterocycles. The van der Waals surface area contributed by atoms with Crippen LogP contribution in [-0.4, -0.2) is 53.0 Å². The second kappa shape index (κ2) is 7.21. The highest BCUT2D eigenvalue weighted by Crippen LogP contribution is 2.27. The van der Waals surface area contributed by atoms with E-state index in [1.54, 1.807) is 7.05 Å². The second-order valence-electron chi connectivity index (χ2n) is 7.81. The number of aryl methyl sites for hydroxylation is 1. The molecule has 7 heteroatoms. The van der Waals surface area contributed by atoms with Crippen LogP contribution in [0.5, 0.6) is 0 Å². The number of likely N-dealkylation sites (N-methyl/N-ethyl adjacent to an activating group) is 1. The predicted molar refractivity (Wildman–Crippen MR) is 103 cm³/mol. The van der Waals surface area contributed by atoms with E-state index in [0.717, 1.165) is 24.4 Å². The molecular weight excluding hydrogens is 342 g/mol. The Morgan fingerprint density at radius 2 is 2.00 bits per heavy atom. The molecule has 1 saturated heterocycles. The average Bonchev–Trinajstić information content (AvgIpc) is 2.99. The van der Waals surface area contributed by atoms with Crippen LogP contribution < -0.4 is 10.6 Å². The third-order valence-corrected chi connectivity index (χ3v) is 5.73. The van der Waals surface area contributed by atoms with Crippen molar-refractivity contribution >= 4 is 17.9 Å². The van der Waals surface area contributed by atoms with Crippen LogP contribution in [0.25, 0.3) is 0 Å². The smallest absolute Gasteiger partial charge is 0.325 e. The van der Waals surface area contributed by atoms with Gasteiger partial charge in [0, 0.05) is 19.6 Å². The summed E-state index contributed by atoms with van der Waals surface area (Å²) in [5.74, 6) is 0.454. The van der Waals surface area contributed by atoms with Crippen molar-refractivity contribution in [2.24, 2.45) is 4.99 Å². The van der Waals surface area contributed by atoms with E-state index >= 15 is 0 Å². The topological polar surface area (TPSA) is 77.0 Å². The van der Waals surface area contributed by atoms with E-state index in [2.05, 4.69) is 35.8 Å². The molecule has 2 fully saturated rings. The lowest BCUT2D eigenvalue weighted by molar-refractivity contribution is -0.127. The van der Waals surface area contributed by atoms with Gasteiger partial charge in [0.1, 0.15) is 0 Å². The minimum atomic E-state index is -0.501. The second-order valence-corrected chi connectivity index (χ2v) is 7.81. The summed E-state index contributed by atoms with van der Waals surface area (Å²) in [5.41, 5.74) is 2.31. The van der Waals surface area contributed by atoms with Crippen LogP contribution in [0.2, 0.25) is 0 Å². The maximum atomic E-state index is 12.6. The minimum absolute atomic E-state index is 0.278. The van der Waals surface area contributed by atoms with Crippen molar-refractivity contribution in [3.05, 3.63) is 35.4 Å². The number of urea groups is 1. The summed E-state index contributed by atoms with van der Waals surface area (Å²) in [5, 5.41) is 6.03. The molecule has 0 spiro atoms. The van der Waals surface area contributed by atoms with Gasteiger partial charge in [-0.25, -0.2) is 9.79 Å². The first kappa shape index (κ1) is 17.8. The van der Waals surface area contributed by atoms with Crippen molar-refractivity contribution in [1.29, 1.82) is 0 Å². The number of imide groups is 1. The normalized spacial score (nSPS) is 25.9. The number of benzene rings is 1. The number of aliphatic imine (C=N–C) groups is 1. The van der Waals surface area contributed by atoms with Gasteiger partial charge < -0.3 is 15.1 Å². The standard InChI is InChI=1S/C20H27N5O2/c1-13-7-6-8-14(11-13)12-25-16-17(24(2)20(27)23-18(16)26)22-19(25)21-15-9-4-3-5-10-15/h6-8,11,15-17H,3-5,9-10,12H2,1-2H3,(H,21,22)(H,23,26,27). The molecule has 1 aromatic rings. The Balaban J connectivity index is 1.62. The van der Waals surface area contributed by atoms with Crippen molar-refractivity contribution in [1.82, 2.24) is 20.4 Å². The molecule has 1 aliphatic carbocycles. The van der Waals surface area contributed by atoms with E-state index in [-0.39, 0.29) is 11.9 Å². The van der Waals surface area contributed by atoms with E-state index < -0.39 is 12.2 Å². The van der Waals surface area contributed by atoms with Crippen molar-refractivity contribution in [2.45, 2.75) is 63.8 Å². The van der Waals surface area contributed by atoms with Gasteiger partial charge in [0.05, 0.1) is 0 Å². The Labute approximate surface area is 159 Å². The summed E-state index contributed by atoms with van der Waals surface area (Å²) in [6.45, 7) is 2.64. The lowest BCUT2D eigenvalue weighted by Crippen LogP contribution is -2.64. The van der Waals surface area contributed by atoms with Gasteiger partial charge in [-0.15, -0.1) is 0 Å². The van der Waals surface area contributed by atoms with Crippen LogP contribution in [0.15, 0.2) is 29.3 Å². The van der Waals surface area contributed by atoms with Gasteiger partial charge in [0.25, 0.3) is 5.91 Å². The number of guanidine groups is 1. The van der Waals surface area contributed by atoms with Gasteiger partial charge in [-0.1, -0.05) is 49.1 Å². The van der Waals surface area contributed by atoms with Crippen LogP contribution in [0.3, 0.4) is 0 Å². The molecule has 2 N–H and O–H groups in total. The number of carbonyl (C=O) groups is 2. The molecule has 7 nitrogen and oxygen atoms in total. The fraction of sp³-hybridized carbons (Fsp3) is 0.550. The molecule has 4 rings (SSSR count). The van der Waals surface area contributed by atoms with Crippen molar-refractivity contribution in [3.8, 4) is 0 Å². The Hall–Kier alpha value is -2.57. The summed E-state index contributed by atoms with van der Waals surface area (Å²) in [6.07, 6.45) is 5.47. The van der Waals surface area contributed by atoms with Crippen LogP contribution in [0.4, 0.5) is 4.79 Å². The van der Waals surface area contributed by atoms with Crippen LogP contribution >= 0.6 is 0 Å². The first-order valence-electron chi connectivity index (χ1n) is 9.77. The highest BCUT2D eigenvalue weighted by molar-refractivity contribution is 6.03. The molecule has 1 saturated carbocycles. The molecule has 0 radical (unpaired) electrons. The molecule has 1 aromatic carbocycles. The molecule has 2 heterocycles. The number of rotatable bonds is 3. The molecule has 0 bridgehead atoms. The van der Waals surface area contributed by atoms with Crippen LogP contribution in [0.1, 0.15) is 43.2 Å². The SMILES string of the molecule is Cc1cccc(CN2C(NC3CCCCC3)=NC3C2C(=O)NC(=O)N3C)c1. The molecule has 3 amide bonds. The minimum Gasteiger partial charge on any atom is -0.353 e. The largest absolute Gasteiger partial charge is 0.353 e. The Morgan fingerprint density at radius 3 is 2.74 bits per heavy atom. The van der Waals surface area contributed by atoms with E-state index in [0.29, 0.717) is 12.6 Å². The summed E-state index contributed by atoms with van der Waals surface area (Å²) in [4.78, 5) is 33.0. The van der Waals surface area contributed by atoms with Gasteiger partial charge >= 0.3 is 6.03 Å². The number of fused-ring (bicyclic) bond motifs is 1. The predicted octanol–water partition coefficient (Wildman–Crippen LogP) is 1.97. The first-order valence-corrected chi connectivity index (χ1v) is 9.77. The van der Waals surface area contributed by atoms with Gasteiger partial charge in [-0.2, -0.15) is 0 Å². The lowest BCUT2D eigenvalue weighted by Gasteiger charge is -2.36. The number of hydrogen-bond donors (Lipinski definition) is 2. The summed E-state index contributed by atoms with van der Waals surface area (Å²) in [6, 6.07) is 7.77. The summed E-state index contributed by atoms with van der Waals surface area (Å²) in [7, 11) is 1.69. The summed E-state index contributed by atoms with van der Waals surface area (Å²) >= 11 is 0. The zero-order chi connectivity index (χ0) is 19.0. The number of carbonyl (C=O) groups excluding carboxylic acids is 2. The van der Waals surface area contributed by atoms with Crippen molar-refractivity contribution in [3.63, 3.8) is 0 Å². The lowest BCUT2D eigenvalue weighted by atomic mass is 9.96. The van der Waals surface area contributed by atoms with Crippen molar-refractivity contribution < 1.29 is 9.59 Å². The highest BCUT2D eigenvalue weighted by atomic mass is 16.2. The zero-order valence-corrected chi connectivity index (χ0v) is 15.9. The van der Waals surface area contributed by atoms with Gasteiger partial charge in [-0.3, -0.25) is 10.1 Å². The number of nitrogens with one attached hydrogen (secondary N) is 2. The number of amides is 3. The van der Waals surface area contributed by atoms with E-state index in [1.807, 2.05) is 11.0 Å².